The van der Waals surface area contributed by atoms with Gasteiger partial charge in [-0.05, 0) is 53.4 Å². The maximum atomic E-state index is 11.8. The summed E-state index contributed by atoms with van der Waals surface area (Å²) in [6, 6.07) is 0.0764. The number of hydrogen-bond acceptors (Lipinski definition) is 6. The highest BCUT2D eigenvalue weighted by Crippen LogP contribution is 2.29. The largest absolute Gasteiger partial charge is 0.473 e. The quantitative estimate of drug-likeness (QED) is 0.864. The van der Waals surface area contributed by atoms with Crippen LogP contribution in [0.5, 0.6) is 5.88 Å². The fraction of sp³-hybridized carbons (Fsp3) is 0.688. The number of aromatic nitrogens is 1. The second-order valence-electron chi connectivity index (χ2n) is 6.97. The third-order valence-electron chi connectivity index (χ3n) is 3.60. The molecule has 24 heavy (non-hydrogen) atoms. The van der Waals surface area contributed by atoms with E-state index in [1.807, 2.05) is 27.7 Å². The van der Waals surface area contributed by atoms with Crippen LogP contribution in [0.15, 0.2) is 0 Å². The summed E-state index contributed by atoms with van der Waals surface area (Å²) in [6.07, 6.45) is 2.71. The molecule has 2 amide bonds. The summed E-state index contributed by atoms with van der Waals surface area (Å²) >= 11 is 1.24. The first kappa shape index (κ1) is 18.5. The van der Waals surface area contributed by atoms with E-state index < -0.39 is 17.6 Å². The van der Waals surface area contributed by atoms with Gasteiger partial charge in [0.05, 0.1) is 5.01 Å². The van der Waals surface area contributed by atoms with Gasteiger partial charge in [0.2, 0.25) is 5.88 Å². The molecule has 0 saturated heterocycles. The molecule has 2 rings (SSSR count). The summed E-state index contributed by atoms with van der Waals surface area (Å²) in [5.74, 6) is -0.190. The molecule has 8 heteroatoms. The Labute approximate surface area is 145 Å². The van der Waals surface area contributed by atoms with Crippen LogP contribution in [0, 0.1) is 6.92 Å². The first-order valence-corrected chi connectivity index (χ1v) is 8.89. The molecule has 0 atom stereocenters. The number of nitrogens with zero attached hydrogens (tertiary/aromatic N) is 1. The summed E-state index contributed by atoms with van der Waals surface area (Å²) in [7, 11) is 0. The number of thiazole rings is 1. The molecule has 1 heterocycles. The Morgan fingerprint density at radius 1 is 1.25 bits per heavy atom. The third-order valence-corrected chi connectivity index (χ3v) is 4.57. The van der Waals surface area contributed by atoms with Gasteiger partial charge in [0.15, 0.2) is 4.88 Å². The van der Waals surface area contributed by atoms with Gasteiger partial charge in [-0.1, -0.05) is 0 Å². The predicted molar refractivity (Wildman–Crippen MR) is 91.4 cm³/mol. The molecule has 7 nitrogen and oxygen atoms in total. The molecule has 1 saturated carbocycles. The average molecular weight is 355 g/mol. The van der Waals surface area contributed by atoms with Crippen LogP contribution in [-0.4, -0.2) is 34.7 Å². The third kappa shape index (κ3) is 5.36. The zero-order valence-corrected chi connectivity index (χ0v) is 15.4. The van der Waals surface area contributed by atoms with Crippen LogP contribution in [0.25, 0.3) is 0 Å². The lowest BCUT2D eigenvalue weighted by Crippen LogP contribution is -2.42. The summed E-state index contributed by atoms with van der Waals surface area (Å²) in [5.41, 5.74) is 4.85. The fourth-order valence-corrected chi connectivity index (χ4v) is 3.31. The maximum Gasteiger partial charge on any atom is 0.407 e. The highest BCUT2D eigenvalue weighted by molar-refractivity contribution is 7.13. The normalized spacial score (nSPS) is 21.2. The van der Waals surface area contributed by atoms with E-state index in [0.717, 1.165) is 30.7 Å². The number of nitrogens with two attached hydrogens (primary N) is 1. The number of aryl methyl sites for hydroxylation is 1. The lowest BCUT2D eigenvalue weighted by Gasteiger charge is -2.30. The molecule has 0 aromatic carbocycles. The average Bonchev–Trinajstić information content (AvgIpc) is 2.80. The smallest absolute Gasteiger partial charge is 0.407 e. The van der Waals surface area contributed by atoms with Crippen LogP contribution >= 0.6 is 11.3 Å². The second-order valence-corrected chi connectivity index (χ2v) is 8.17. The molecular weight excluding hydrogens is 330 g/mol. The van der Waals surface area contributed by atoms with Gasteiger partial charge >= 0.3 is 6.09 Å². The van der Waals surface area contributed by atoms with Gasteiger partial charge in [-0.3, -0.25) is 4.79 Å². The van der Waals surface area contributed by atoms with Crippen LogP contribution in [-0.2, 0) is 4.74 Å². The van der Waals surface area contributed by atoms with E-state index in [0.29, 0.717) is 10.8 Å². The number of ether oxygens (including phenoxy) is 2. The Balaban J connectivity index is 1.83. The van der Waals surface area contributed by atoms with E-state index in [4.69, 9.17) is 15.2 Å². The highest BCUT2D eigenvalue weighted by Gasteiger charge is 2.27. The number of rotatable bonds is 4. The SMILES string of the molecule is Cc1nc(OC2CCC(NC(=O)OC(C)(C)C)CC2)c(C(N)=O)s1. The standard InChI is InChI=1S/C16H25N3O4S/c1-9-18-14(12(24-9)13(17)20)22-11-7-5-10(6-8-11)19-15(21)23-16(2,3)4/h10-11H,5-8H2,1-4H3,(H2,17,20)(H,19,21). The first-order valence-electron chi connectivity index (χ1n) is 8.07. The van der Waals surface area contributed by atoms with Crippen molar-refractivity contribution in [2.24, 2.45) is 5.73 Å². The van der Waals surface area contributed by atoms with Gasteiger partial charge in [-0.2, -0.15) is 0 Å². The van der Waals surface area contributed by atoms with E-state index in [-0.39, 0.29) is 12.1 Å². The molecule has 0 aliphatic heterocycles. The zero-order valence-electron chi connectivity index (χ0n) is 14.5. The van der Waals surface area contributed by atoms with Gasteiger partial charge < -0.3 is 20.5 Å². The lowest BCUT2D eigenvalue weighted by atomic mass is 9.93. The molecule has 134 valence electrons. The summed E-state index contributed by atoms with van der Waals surface area (Å²) in [6.45, 7) is 7.32. The molecule has 0 spiro atoms. The van der Waals surface area contributed by atoms with Crippen molar-refractivity contribution < 1.29 is 19.1 Å². The van der Waals surface area contributed by atoms with Crippen LogP contribution in [0.4, 0.5) is 4.79 Å². The molecule has 1 fully saturated rings. The number of carbonyl (C=O) groups is 2. The van der Waals surface area contributed by atoms with Crippen molar-refractivity contribution >= 4 is 23.3 Å². The number of alkyl carbamates (subject to hydrolysis) is 1. The zero-order chi connectivity index (χ0) is 17.9. The molecule has 1 aliphatic carbocycles. The minimum absolute atomic E-state index is 0.0266. The van der Waals surface area contributed by atoms with Crippen molar-refractivity contribution in [3.05, 3.63) is 9.88 Å². The monoisotopic (exact) mass is 355 g/mol. The van der Waals surface area contributed by atoms with Crippen molar-refractivity contribution in [1.29, 1.82) is 0 Å². The molecule has 0 bridgehead atoms. The van der Waals surface area contributed by atoms with E-state index >= 15 is 0 Å². The molecule has 1 aromatic rings. The van der Waals surface area contributed by atoms with Gasteiger partial charge in [0.1, 0.15) is 11.7 Å². The van der Waals surface area contributed by atoms with Gasteiger partial charge in [-0.15, -0.1) is 11.3 Å². The van der Waals surface area contributed by atoms with Crippen molar-refractivity contribution in [2.75, 3.05) is 0 Å². The number of carbonyl (C=O) groups excluding carboxylic acids is 2. The lowest BCUT2D eigenvalue weighted by molar-refractivity contribution is 0.0468. The van der Waals surface area contributed by atoms with E-state index in [9.17, 15) is 9.59 Å². The van der Waals surface area contributed by atoms with Crippen LogP contribution in [0.2, 0.25) is 0 Å². The highest BCUT2D eigenvalue weighted by atomic mass is 32.1. The Hall–Kier alpha value is -1.83. The number of amides is 2. The van der Waals surface area contributed by atoms with Gasteiger partial charge in [0, 0.05) is 6.04 Å². The van der Waals surface area contributed by atoms with E-state index in [1.54, 1.807) is 0 Å². The van der Waals surface area contributed by atoms with Crippen molar-refractivity contribution in [1.82, 2.24) is 10.3 Å². The Bertz CT molecular complexity index is 601. The van der Waals surface area contributed by atoms with Crippen LogP contribution in [0.3, 0.4) is 0 Å². The van der Waals surface area contributed by atoms with E-state index in [1.165, 1.54) is 11.3 Å². The van der Waals surface area contributed by atoms with Crippen molar-refractivity contribution in [3.63, 3.8) is 0 Å². The predicted octanol–water partition coefficient (Wildman–Crippen LogP) is 2.77. The minimum atomic E-state index is -0.518. The summed E-state index contributed by atoms with van der Waals surface area (Å²) in [4.78, 5) is 27.8. The number of primary amides is 1. The summed E-state index contributed by atoms with van der Waals surface area (Å²) < 4.78 is 11.1. The minimum Gasteiger partial charge on any atom is -0.473 e. The van der Waals surface area contributed by atoms with Crippen LogP contribution < -0.4 is 15.8 Å². The molecule has 0 unspecified atom stereocenters. The molecule has 3 N–H and O–H groups in total. The topological polar surface area (TPSA) is 104 Å². The second kappa shape index (κ2) is 7.38. The van der Waals surface area contributed by atoms with Gasteiger partial charge in [-0.25, -0.2) is 9.78 Å². The molecule has 1 aliphatic rings. The van der Waals surface area contributed by atoms with Gasteiger partial charge in [0.25, 0.3) is 5.91 Å². The summed E-state index contributed by atoms with van der Waals surface area (Å²) in [5, 5.41) is 3.64. The molecule has 1 aromatic heterocycles. The van der Waals surface area contributed by atoms with Crippen molar-refractivity contribution in [2.45, 2.75) is 71.1 Å². The number of nitrogens with one attached hydrogen (secondary N) is 1. The maximum absolute atomic E-state index is 11.8. The molecule has 0 radical (unpaired) electrons. The molecular formula is C16H25N3O4S. The Kier molecular flexibility index (Phi) is 5.69. The van der Waals surface area contributed by atoms with E-state index in [2.05, 4.69) is 10.3 Å². The first-order chi connectivity index (χ1) is 11.1. The fourth-order valence-electron chi connectivity index (χ4n) is 2.60. The number of hydrogen-bond donors (Lipinski definition) is 2. The Morgan fingerprint density at radius 3 is 2.42 bits per heavy atom. The van der Waals surface area contributed by atoms with Crippen LogP contribution in [0.1, 0.15) is 61.1 Å². The Morgan fingerprint density at radius 2 is 1.88 bits per heavy atom. The van der Waals surface area contributed by atoms with Crippen molar-refractivity contribution in [3.8, 4) is 5.88 Å².